The number of ether oxygens (including phenoxy) is 1. The van der Waals surface area contributed by atoms with E-state index in [0.717, 1.165) is 24.6 Å². The van der Waals surface area contributed by atoms with Crippen LogP contribution in [0.1, 0.15) is 19.9 Å². The molecular weight excluding hydrogens is 408 g/mol. The summed E-state index contributed by atoms with van der Waals surface area (Å²) in [4.78, 5) is 28.1. The van der Waals surface area contributed by atoms with Crippen LogP contribution in [-0.2, 0) is 4.74 Å². The SMILES string of the molecule is CC(C)n1cnnc1-c1cccc(N2CCN(c3ccc(N4CCOCC4)nc3)C2=O)n1. The topological polar surface area (TPSA) is 92.5 Å². The molecule has 0 aliphatic carbocycles. The fourth-order valence-corrected chi connectivity index (χ4v) is 4.01. The summed E-state index contributed by atoms with van der Waals surface area (Å²) in [5.41, 5.74) is 1.47. The summed E-state index contributed by atoms with van der Waals surface area (Å²) in [5.74, 6) is 2.20. The molecule has 0 spiro atoms. The van der Waals surface area contributed by atoms with Crippen LogP contribution in [-0.4, -0.2) is 70.2 Å². The Bertz CT molecular complexity index is 1090. The highest BCUT2D eigenvalue weighted by Gasteiger charge is 2.32. The first-order valence-electron chi connectivity index (χ1n) is 10.9. The summed E-state index contributed by atoms with van der Waals surface area (Å²) >= 11 is 0. The zero-order valence-corrected chi connectivity index (χ0v) is 18.3. The molecule has 166 valence electrons. The number of nitrogens with zero attached hydrogens (tertiary/aromatic N) is 8. The van der Waals surface area contributed by atoms with E-state index in [9.17, 15) is 4.79 Å². The van der Waals surface area contributed by atoms with Crippen LogP contribution in [0.2, 0.25) is 0 Å². The highest BCUT2D eigenvalue weighted by atomic mass is 16.5. The van der Waals surface area contributed by atoms with Gasteiger partial charge in [-0.15, -0.1) is 10.2 Å². The average Bonchev–Trinajstić information content (AvgIpc) is 3.47. The first kappa shape index (κ1) is 20.4. The number of hydrogen-bond donors (Lipinski definition) is 0. The van der Waals surface area contributed by atoms with Crippen LogP contribution in [0.5, 0.6) is 0 Å². The Labute approximate surface area is 186 Å². The van der Waals surface area contributed by atoms with Crippen LogP contribution in [0.4, 0.5) is 22.1 Å². The maximum Gasteiger partial charge on any atom is 0.330 e. The third-order valence-corrected chi connectivity index (χ3v) is 5.76. The van der Waals surface area contributed by atoms with Crippen molar-refractivity contribution < 1.29 is 9.53 Å². The van der Waals surface area contributed by atoms with E-state index < -0.39 is 0 Å². The molecule has 0 saturated carbocycles. The van der Waals surface area contributed by atoms with E-state index in [-0.39, 0.29) is 12.1 Å². The molecule has 2 aliphatic rings. The van der Waals surface area contributed by atoms with Crippen molar-refractivity contribution in [1.29, 1.82) is 0 Å². The molecule has 0 N–H and O–H groups in total. The lowest BCUT2D eigenvalue weighted by Gasteiger charge is -2.28. The van der Waals surface area contributed by atoms with Gasteiger partial charge in [0, 0.05) is 32.2 Å². The van der Waals surface area contributed by atoms with Crippen molar-refractivity contribution in [1.82, 2.24) is 24.7 Å². The summed E-state index contributed by atoms with van der Waals surface area (Å²) in [6, 6.07) is 9.65. The summed E-state index contributed by atoms with van der Waals surface area (Å²) < 4.78 is 7.37. The standard InChI is InChI=1S/C22H26N8O2/c1-16(2)30-15-24-26-21(30)18-4-3-5-20(25-18)29-9-8-28(22(29)31)17-6-7-19(23-14-17)27-10-12-32-13-11-27/h3-7,14-16H,8-13H2,1-2H3. The third-order valence-electron chi connectivity index (χ3n) is 5.76. The maximum atomic E-state index is 13.2. The summed E-state index contributed by atoms with van der Waals surface area (Å²) in [7, 11) is 0. The predicted octanol–water partition coefficient (Wildman–Crippen LogP) is 2.60. The molecule has 32 heavy (non-hydrogen) atoms. The molecule has 5 rings (SSSR count). The van der Waals surface area contributed by atoms with Crippen molar-refractivity contribution in [2.75, 3.05) is 54.1 Å². The number of carbonyl (C=O) groups is 1. The fourth-order valence-electron chi connectivity index (χ4n) is 4.01. The van der Waals surface area contributed by atoms with E-state index in [4.69, 9.17) is 9.72 Å². The van der Waals surface area contributed by atoms with Gasteiger partial charge in [0.15, 0.2) is 5.82 Å². The van der Waals surface area contributed by atoms with E-state index in [2.05, 4.69) is 33.9 Å². The lowest BCUT2D eigenvalue weighted by molar-refractivity contribution is 0.122. The Morgan fingerprint density at radius 1 is 0.969 bits per heavy atom. The van der Waals surface area contributed by atoms with Crippen molar-refractivity contribution in [3.05, 3.63) is 42.9 Å². The number of carbonyl (C=O) groups excluding carboxylic acids is 1. The van der Waals surface area contributed by atoms with Crippen LogP contribution < -0.4 is 14.7 Å². The molecule has 10 nitrogen and oxygen atoms in total. The van der Waals surface area contributed by atoms with Gasteiger partial charge in [0.1, 0.15) is 23.7 Å². The average molecular weight is 435 g/mol. The lowest BCUT2D eigenvalue weighted by Crippen LogP contribution is -2.36. The van der Waals surface area contributed by atoms with Crippen LogP contribution in [0, 0.1) is 0 Å². The minimum Gasteiger partial charge on any atom is -0.378 e. The molecule has 2 saturated heterocycles. The lowest BCUT2D eigenvalue weighted by atomic mass is 10.3. The van der Waals surface area contributed by atoms with Crippen molar-refractivity contribution in [3.8, 4) is 11.5 Å². The Balaban J connectivity index is 1.34. The second kappa shape index (κ2) is 8.54. The van der Waals surface area contributed by atoms with Gasteiger partial charge in [0.05, 0.1) is 25.1 Å². The van der Waals surface area contributed by atoms with Crippen LogP contribution >= 0.6 is 0 Å². The van der Waals surface area contributed by atoms with E-state index >= 15 is 0 Å². The van der Waals surface area contributed by atoms with E-state index in [1.54, 1.807) is 22.3 Å². The zero-order valence-electron chi connectivity index (χ0n) is 18.3. The number of hydrogen-bond acceptors (Lipinski definition) is 7. The summed E-state index contributed by atoms with van der Waals surface area (Å²) in [6.07, 6.45) is 3.46. The molecule has 0 unspecified atom stereocenters. The van der Waals surface area contributed by atoms with Gasteiger partial charge in [0.2, 0.25) is 0 Å². The van der Waals surface area contributed by atoms with Crippen molar-refractivity contribution >= 4 is 23.4 Å². The first-order valence-corrected chi connectivity index (χ1v) is 10.9. The smallest absolute Gasteiger partial charge is 0.330 e. The molecular formula is C22H26N8O2. The summed E-state index contributed by atoms with van der Waals surface area (Å²) in [6.45, 7) is 8.34. The van der Waals surface area contributed by atoms with Gasteiger partial charge in [-0.3, -0.25) is 9.80 Å². The van der Waals surface area contributed by atoms with Gasteiger partial charge in [0.25, 0.3) is 0 Å². The summed E-state index contributed by atoms with van der Waals surface area (Å²) in [5, 5.41) is 8.24. The maximum absolute atomic E-state index is 13.2. The molecule has 5 heterocycles. The number of rotatable bonds is 5. The van der Waals surface area contributed by atoms with Crippen molar-refractivity contribution in [2.24, 2.45) is 0 Å². The number of morpholine rings is 1. The Hall–Kier alpha value is -3.53. The number of aromatic nitrogens is 5. The first-order chi connectivity index (χ1) is 15.6. The molecule has 0 aromatic carbocycles. The highest BCUT2D eigenvalue weighted by molar-refractivity contribution is 6.05. The molecule has 2 amide bonds. The van der Waals surface area contributed by atoms with Gasteiger partial charge >= 0.3 is 6.03 Å². The number of urea groups is 1. The monoisotopic (exact) mass is 434 g/mol. The van der Waals surface area contributed by atoms with Crippen LogP contribution in [0.25, 0.3) is 11.5 Å². The van der Waals surface area contributed by atoms with Gasteiger partial charge < -0.3 is 14.2 Å². The van der Waals surface area contributed by atoms with E-state index in [0.29, 0.717) is 43.6 Å². The van der Waals surface area contributed by atoms with Crippen LogP contribution in [0.3, 0.4) is 0 Å². The quantitative estimate of drug-likeness (QED) is 0.609. The Kier molecular flexibility index (Phi) is 5.44. The molecule has 0 bridgehead atoms. The minimum absolute atomic E-state index is 0.110. The number of amides is 2. The van der Waals surface area contributed by atoms with Gasteiger partial charge in [-0.05, 0) is 38.1 Å². The molecule has 0 atom stereocenters. The fraction of sp³-hybridized carbons (Fsp3) is 0.409. The molecule has 10 heteroatoms. The largest absolute Gasteiger partial charge is 0.378 e. The number of anilines is 3. The molecule has 2 aliphatic heterocycles. The number of pyridine rings is 2. The van der Waals surface area contributed by atoms with Crippen LogP contribution in [0.15, 0.2) is 42.9 Å². The Morgan fingerprint density at radius 3 is 2.53 bits per heavy atom. The van der Waals surface area contributed by atoms with E-state index in [1.165, 1.54) is 0 Å². The minimum atomic E-state index is -0.110. The van der Waals surface area contributed by atoms with Crippen molar-refractivity contribution in [3.63, 3.8) is 0 Å². The molecule has 3 aromatic rings. The zero-order chi connectivity index (χ0) is 22.1. The Morgan fingerprint density at radius 2 is 1.78 bits per heavy atom. The predicted molar refractivity (Wildman–Crippen MR) is 121 cm³/mol. The highest BCUT2D eigenvalue weighted by Crippen LogP contribution is 2.27. The van der Waals surface area contributed by atoms with E-state index in [1.807, 2.05) is 34.9 Å². The second-order valence-electron chi connectivity index (χ2n) is 8.10. The van der Waals surface area contributed by atoms with Gasteiger partial charge in [-0.2, -0.15) is 0 Å². The molecule has 2 fully saturated rings. The normalized spacial score (nSPS) is 17.0. The molecule has 3 aromatic heterocycles. The second-order valence-corrected chi connectivity index (χ2v) is 8.10. The van der Waals surface area contributed by atoms with Gasteiger partial charge in [-0.25, -0.2) is 14.8 Å². The molecule has 0 radical (unpaired) electrons. The van der Waals surface area contributed by atoms with Crippen molar-refractivity contribution in [2.45, 2.75) is 19.9 Å². The van der Waals surface area contributed by atoms with Gasteiger partial charge in [-0.1, -0.05) is 6.07 Å². The third kappa shape index (κ3) is 3.77.